The number of amides is 3. The number of ether oxygens (including phenoxy) is 4. The van der Waals surface area contributed by atoms with Gasteiger partial charge in [-0.15, -0.1) is 0 Å². The number of benzene rings is 3. The molecule has 11 nitrogen and oxygen atoms in total. The number of carbonyl (C=O) groups is 3. The Morgan fingerprint density at radius 2 is 1.87 bits per heavy atom. The minimum absolute atomic E-state index is 0.178. The van der Waals surface area contributed by atoms with Crippen molar-refractivity contribution >= 4 is 67.6 Å². The molecule has 0 bridgehead atoms. The molecule has 45 heavy (non-hydrogen) atoms. The Bertz CT molecular complexity index is 1660. The largest absolute Gasteiger partial charge is 0.493 e. The fourth-order valence-corrected chi connectivity index (χ4v) is 5.91. The van der Waals surface area contributed by atoms with E-state index in [1.54, 1.807) is 44.2 Å². The molecule has 0 saturated heterocycles. The average Bonchev–Trinajstić information content (AvgIpc) is 3.00. The van der Waals surface area contributed by atoms with Crippen LogP contribution in [0, 0.1) is 0 Å². The van der Waals surface area contributed by atoms with Gasteiger partial charge in [-0.3, -0.25) is 4.79 Å². The lowest BCUT2D eigenvalue weighted by Gasteiger charge is -2.28. The van der Waals surface area contributed by atoms with Crippen molar-refractivity contribution in [1.29, 1.82) is 0 Å². The van der Waals surface area contributed by atoms with Crippen molar-refractivity contribution in [1.82, 2.24) is 16.1 Å². The highest BCUT2D eigenvalue weighted by molar-refractivity contribution is 9.11. The number of hydrogen-bond acceptors (Lipinski definition) is 8. The van der Waals surface area contributed by atoms with E-state index in [2.05, 4.69) is 53.0 Å². The molecule has 3 aromatic carbocycles. The zero-order chi connectivity index (χ0) is 32.5. The third kappa shape index (κ3) is 8.77. The first-order chi connectivity index (χ1) is 21.6. The maximum absolute atomic E-state index is 12.6. The summed E-state index contributed by atoms with van der Waals surface area (Å²) in [6.45, 7) is 3.35. The van der Waals surface area contributed by atoms with Crippen LogP contribution < -0.4 is 30.3 Å². The average molecular weight is 765 g/mol. The number of carbonyl (C=O) groups excluding carboxylic acids is 3. The minimum atomic E-state index is -0.782. The van der Waals surface area contributed by atoms with Crippen LogP contribution in [0.4, 0.5) is 4.79 Å². The maximum Gasteiger partial charge on any atom is 0.338 e. The predicted molar refractivity (Wildman–Crippen MR) is 176 cm³/mol. The molecular weight excluding hydrogens is 736 g/mol. The van der Waals surface area contributed by atoms with Gasteiger partial charge in [0, 0.05) is 26.3 Å². The number of rotatable bonds is 12. The van der Waals surface area contributed by atoms with Crippen molar-refractivity contribution in [3.63, 3.8) is 0 Å². The van der Waals surface area contributed by atoms with Crippen LogP contribution in [0.15, 0.2) is 79.9 Å². The van der Waals surface area contributed by atoms with E-state index in [-0.39, 0.29) is 36.9 Å². The Hall–Kier alpha value is -4.07. The number of nitrogens with zero attached hydrogens (tertiary/aromatic N) is 1. The molecule has 0 aromatic heterocycles. The van der Waals surface area contributed by atoms with Crippen LogP contribution in [0.25, 0.3) is 0 Å². The van der Waals surface area contributed by atoms with Gasteiger partial charge in [0.25, 0.3) is 5.91 Å². The van der Waals surface area contributed by atoms with Crippen LogP contribution >= 0.6 is 43.5 Å². The molecule has 1 atom stereocenters. The van der Waals surface area contributed by atoms with Crippen molar-refractivity contribution in [2.45, 2.75) is 26.5 Å². The Morgan fingerprint density at radius 3 is 2.60 bits per heavy atom. The molecular formula is C31H29Br2ClN4O7. The fraction of sp³-hybridized carbons (Fsp3) is 0.226. The second-order valence-electron chi connectivity index (χ2n) is 9.47. The van der Waals surface area contributed by atoms with E-state index in [1.807, 2.05) is 24.3 Å². The van der Waals surface area contributed by atoms with E-state index >= 15 is 0 Å². The number of methoxy groups -OCH3 is 1. The van der Waals surface area contributed by atoms with Crippen molar-refractivity contribution in [3.8, 4) is 17.2 Å². The third-order valence-electron chi connectivity index (χ3n) is 6.40. The molecule has 0 saturated carbocycles. The summed E-state index contributed by atoms with van der Waals surface area (Å²) in [6.07, 6.45) is 1.45. The van der Waals surface area contributed by atoms with Gasteiger partial charge in [-0.25, -0.2) is 15.0 Å². The van der Waals surface area contributed by atoms with Crippen LogP contribution in [0.5, 0.6) is 17.2 Å². The van der Waals surface area contributed by atoms with Gasteiger partial charge in [0.15, 0.2) is 18.1 Å². The summed E-state index contributed by atoms with van der Waals surface area (Å²) in [5.74, 6) is -0.0162. The zero-order valence-electron chi connectivity index (χ0n) is 24.4. The lowest BCUT2D eigenvalue weighted by atomic mass is 9.95. The fourth-order valence-electron chi connectivity index (χ4n) is 4.35. The van der Waals surface area contributed by atoms with Crippen molar-refractivity contribution in [2.24, 2.45) is 5.10 Å². The van der Waals surface area contributed by atoms with Gasteiger partial charge in [-0.2, -0.15) is 5.10 Å². The predicted octanol–water partition coefficient (Wildman–Crippen LogP) is 6.17. The van der Waals surface area contributed by atoms with Gasteiger partial charge in [0.2, 0.25) is 0 Å². The smallest absolute Gasteiger partial charge is 0.338 e. The van der Waals surface area contributed by atoms with Crippen molar-refractivity contribution in [2.75, 3.05) is 20.3 Å². The van der Waals surface area contributed by atoms with Crippen LogP contribution in [0.2, 0.25) is 5.02 Å². The molecule has 0 spiro atoms. The summed E-state index contributed by atoms with van der Waals surface area (Å²) in [6, 6.07) is 14.6. The number of hydrazone groups is 1. The Morgan fingerprint density at radius 1 is 1.09 bits per heavy atom. The van der Waals surface area contributed by atoms with E-state index in [1.165, 1.54) is 13.3 Å². The van der Waals surface area contributed by atoms with E-state index in [4.69, 9.17) is 30.5 Å². The van der Waals surface area contributed by atoms with Crippen LogP contribution in [0.1, 0.15) is 36.6 Å². The van der Waals surface area contributed by atoms with Gasteiger partial charge in [0.1, 0.15) is 12.4 Å². The Balaban J connectivity index is 1.42. The molecule has 1 heterocycles. The summed E-state index contributed by atoms with van der Waals surface area (Å²) in [4.78, 5) is 37.4. The van der Waals surface area contributed by atoms with Gasteiger partial charge < -0.3 is 29.6 Å². The zero-order valence-corrected chi connectivity index (χ0v) is 28.3. The van der Waals surface area contributed by atoms with Gasteiger partial charge in [-0.1, -0.05) is 51.8 Å². The number of nitrogens with one attached hydrogen (secondary N) is 3. The molecule has 1 aliphatic heterocycles. The number of halogens is 3. The first-order valence-electron chi connectivity index (χ1n) is 13.5. The number of hydrogen-bond donors (Lipinski definition) is 3. The monoisotopic (exact) mass is 762 g/mol. The van der Waals surface area contributed by atoms with Gasteiger partial charge in [0.05, 0.1) is 36.0 Å². The summed E-state index contributed by atoms with van der Waals surface area (Å²) >= 11 is 13.2. The highest BCUT2D eigenvalue weighted by Gasteiger charge is 2.32. The summed E-state index contributed by atoms with van der Waals surface area (Å²) in [7, 11) is 1.44. The molecule has 14 heteroatoms. The molecule has 3 aromatic rings. The van der Waals surface area contributed by atoms with Crippen molar-refractivity contribution in [3.05, 3.63) is 96.5 Å². The molecule has 1 aliphatic rings. The Labute approximate surface area is 281 Å². The lowest BCUT2D eigenvalue weighted by molar-refractivity contribution is -0.139. The van der Waals surface area contributed by atoms with Crippen LogP contribution in [0.3, 0.4) is 0 Å². The highest BCUT2D eigenvalue weighted by Crippen LogP contribution is 2.35. The molecule has 3 N–H and O–H groups in total. The van der Waals surface area contributed by atoms with E-state index in [0.29, 0.717) is 32.1 Å². The highest BCUT2D eigenvalue weighted by atomic mass is 79.9. The summed E-state index contributed by atoms with van der Waals surface area (Å²) in [5.41, 5.74) is 5.05. The normalized spacial score (nSPS) is 14.4. The molecule has 236 valence electrons. The first-order valence-corrected chi connectivity index (χ1v) is 15.5. The van der Waals surface area contributed by atoms with Gasteiger partial charge >= 0.3 is 12.0 Å². The van der Waals surface area contributed by atoms with E-state index < -0.39 is 23.9 Å². The summed E-state index contributed by atoms with van der Waals surface area (Å²) in [5, 5.41) is 9.98. The Kier molecular flexibility index (Phi) is 11.9. The maximum atomic E-state index is 12.6. The molecule has 0 fully saturated rings. The van der Waals surface area contributed by atoms with E-state index in [9.17, 15) is 14.4 Å². The first kappa shape index (κ1) is 33.8. The molecule has 0 radical (unpaired) electrons. The lowest BCUT2D eigenvalue weighted by Crippen LogP contribution is -2.45. The van der Waals surface area contributed by atoms with Gasteiger partial charge in [-0.05, 0) is 65.7 Å². The SMILES string of the molecule is CCOC(=O)C1=C(C)NC(=O)N[C@H]1c1ccc(OCC(=O)N/N=C/c2cc(Br)cc(Br)c2OCc2ccccc2Cl)c(OC)c1. The number of urea groups is 1. The topological polar surface area (TPSA) is 137 Å². The van der Waals surface area contributed by atoms with Crippen LogP contribution in [-0.4, -0.2) is 44.4 Å². The standard InChI is InChI=1S/C31H29Br2ClN4O7/c1-4-43-30(40)27-17(2)36-31(41)37-28(27)18-9-10-24(25(12-18)42-3)44-16-26(39)38-35-14-20-11-21(32)13-22(33)29(20)45-15-19-7-5-6-8-23(19)34/h5-14,28H,4,15-16H2,1-3H3,(H,38,39)(H2,36,37,41)/b35-14+/t28-/m0/s1. The van der Waals surface area contributed by atoms with E-state index in [0.717, 1.165) is 10.0 Å². The van der Waals surface area contributed by atoms with Crippen LogP contribution in [-0.2, 0) is 20.9 Å². The molecule has 3 amide bonds. The second-order valence-corrected chi connectivity index (χ2v) is 11.6. The van der Waals surface area contributed by atoms with Crippen molar-refractivity contribution < 1.29 is 33.3 Å². The third-order valence-corrected chi connectivity index (χ3v) is 7.82. The quantitative estimate of drug-likeness (QED) is 0.114. The number of allylic oxidation sites excluding steroid dienone is 1. The molecule has 0 unspecified atom stereocenters. The number of esters is 1. The summed E-state index contributed by atoms with van der Waals surface area (Å²) < 4.78 is 23.8. The molecule has 0 aliphatic carbocycles. The second kappa shape index (κ2) is 15.8. The minimum Gasteiger partial charge on any atom is -0.493 e. The molecule has 4 rings (SSSR count).